The second-order valence-electron chi connectivity index (χ2n) is 5.36. The molecule has 0 bridgehead atoms. The fourth-order valence-electron chi connectivity index (χ4n) is 2.48. The molecule has 0 atom stereocenters. The van der Waals surface area contributed by atoms with E-state index < -0.39 is 0 Å². The predicted octanol–water partition coefficient (Wildman–Crippen LogP) is 1.61. The van der Waals surface area contributed by atoms with E-state index in [-0.39, 0.29) is 18.5 Å². The summed E-state index contributed by atoms with van der Waals surface area (Å²) >= 11 is 1.60. The van der Waals surface area contributed by atoms with Crippen LogP contribution in [0.3, 0.4) is 0 Å². The van der Waals surface area contributed by atoms with Crippen LogP contribution in [0.15, 0.2) is 41.9 Å². The first kappa shape index (κ1) is 16.3. The number of thiazole rings is 1. The third kappa shape index (κ3) is 4.23. The van der Waals surface area contributed by atoms with Crippen LogP contribution in [0.25, 0.3) is 0 Å². The van der Waals surface area contributed by atoms with Gasteiger partial charge in [-0.1, -0.05) is 18.2 Å². The predicted molar refractivity (Wildman–Crippen MR) is 94.4 cm³/mol. The zero-order valence-corrected chi connectivity index (χ0v) is 14.0. The van der Waals surface area contributed by atoms with Gasteiger partial charge in [-0.3, -0.25) is 4.79 Å². The van der Waals surface area contributed by atoms with Crippen molar-refractivity contribution in [1.29, 1.82) is 0 Å². The molecule has 0 unspecified atom stereocenters. The molecule has 126 valence electrons. The van der Waals surface area contributed by atoms with Gasteiger partial charge in [0, 0.05) is 43.4 Å². The highest BCUT2D eigenvalue weighted by Gasteiger charge is 2.22. The van der Waals surface area contributed by atoms with Crippen molar-refractivity contribution in [2.75, 3.05) is 42.9 Å². The molecule has 2 aromatic rings. The second-order valence-corrected chi connectivity index (χ2v) is 6.23. The van der Waals surface area contributed by atoms with E-state index in [4.69, 9.17) is 0 Å². The Morgan fingerprint density at radius 3 is 2.54 bits per heavy atom. The lowest BCUT2D eigenvalue weighted by atomic mass is 10.3. The normalized spacial score (nSPS) is 14.3. The van der Waals surface area contributed by atoms with E-state index in [0.29, 0.717) is 18.8 Å². The smallest absolute Gasteiger partial charge is 0.319 e. The van der Waals surface area contributed by atoms with Gasteiger partial charge in [0.15, 0.2) is 5.13 Å². The molecule has 3 rings (SSSR count). The van der Waals surface area contributed by atoms with Gasteiger partial charge in [-0.05, 0) is 12.1 Å². The second kappa shape index (κ2) is 7.78. The first-order chi connectivity index (χ1) is 11.7. The number of anilines is 2. The lowest BCUT2D eigenvalue weighted by molar-refractivity contribution is -0.130. The van der Waals surface area contributed by atoms with E-state index in [2.05, 4.69) is 20.5 Å². The van der Waals surface area contributed by atoms with E-state index in [1.807, 2.05) is 23.6 Å². The number of benzene rings is 1. The highest BCUT2D eigenvalue weighted by Crippen LogP contribution is 2.18. The minimum atomic E-state index is -0.379. The average Bonchev–Trinajstić information content (AvgIpc) is 3.15. The third-order valence-corrected chi connectivity index (χ3v) is 4.59. The summed E-state index contributed by atoms with van der Waals surface area (Å²) in [4.78, 5) is 32.2. The van der Waals surface area contributed by atoms with E-state index >= 15 is 0 Å². The van der Waals surface area contributed by atoms with Crippen molar-refractivity contribution in [2.24, 2.45) is 0 Å². The van der Waals surface area contributed by atoms with Gasteiger partial charge in [0.05, 0.1) is 6.54 Å². The minimum Gasteiger partial charge on any atom is -0.345 e. The van der Waals surface area contributed by atoms with Gasteiger partial charge < -0.3 is 20.4 Å². The van der Waals surface area contributed by atoms with Crippen LogP contribution in [-0.2, 0) is 4.79 Å². The number of nitrogens with zero attached hydrogens (tertiary/aromatic N) is 3. The average molecular weight is 345 g/mol. The fraction of sp³-hybridized carbons (Fsp3) is 0.312. The van der Waals surface area contributed by atoms with Crippen molar-refractivity contribution < 1.29 is 9.59 Å². The summed E-state index contributed by atoms with van der Waals surface area (Å²) in [7, 11) is 0. The Balaban J connectivity index is 1.40. The summed E-state index contributed by atoms with van der Waals surface area (Å²) in [5, 5.41) is 8.23. The number of hydrogen-bond acceptors (Lipinski definition) is 5. The van der Waals surface area contributed by atoms with Crippen molar-refractivity contribution >= 4 is 34.1 Å². The van der Waals surface area contributed by atoms with Gasteiger partial charge >= 0.3 is 6.03 Å². The Morgan fingerprint density at radius 1 is 1.12 bits per heavy atom. The monoisotopic (exact) mass is 345 g/mol. The molecular weight excluding hydrogens is 326 g/mol. The number of rotatable bonds is 4. The van der Waals surface area contributed by atoms with Crippen LogP contribution in [0.4, 0.5) is 15.6 Å². The molecule has 0 aliphatic carbocycles. The number of urea groups is 1. The Morgan fingerprint density at radius 2 is 1.88 bits per heavy atom. The SMILES string of the molecule is O=C(NCC(=O)N1CCN(c2nccs2)CC1)Nc1ccccc1. The Hall–Kier alpha value is -2.61. The van der Waals surface area contributed by atoms with Gasteiger partial charge in [-0.15, -0.1) is 11.3 Å². The summed E-state index contributed by atoms with van der Waals surface area (Å²) < 4.78 is 0. The Kier molecular flexibility index (Phi) is 5.27. The lowest BCUT2D eigenvalue weighted by Gasteiger charge is -2.34. The van der Waals surface area contributed by atoms with Crippen LogP contribution in [0.1, 0.15) is 0 Å². The summed E-state index contributed by atoms with van der Waals surface area (Å²) in [5.41, 5.74) is 0.694. The number of nitrogens with one attached hydrogen (secondary N) is 2. The van der Waals surface area contributed by atoms with Crippen LogP contribution in [-0.4, -0.2) is 54.5 Å². The highest BCUT2D eigenvalue weighted by atomic mass is 32.1. The fourth-order valence-corrected chi connectivity index (χ4v) is 3.18. The number of piperazine rings is 1. The molecule has 7 nitrogen and oxygen atoms in total. The zero-order chi connectivity index (χ0) is 16.8. The van der Waals surface area contributed by atoms with Crippen molar-refractivity contribution in [2.45, 2.75) is 0 Å². The molecule has 1 fully saturated rings. The summed E-state index contributed by atoms with van der Waals surface area (Å²) in [6.45, 7) is 2.79. The van der Waals surface area contributed by atoms with E-state index in [9.17, 15) is 9.59 Å². The number of hydrogen-bond donors (Lipinski definition) is 2. The molecule has 2 heterocycles. The standard InChI is InChI=1S/C16H19N5O2S/c22-14(12-18-15(23)19-13-4-2-1-3-5-13)20-7-9-21(10-8-20)16-17-6-11-24-16/h1-6,11H,7-10,12H2,(H2,18,19,23). The Labute approximate surface area is 144 Å². The lowest BCUT2D eigenvalue weighted by Crippen LogP contribution is -2.51. The summed E-state index contributed by atoms with van der Waals surface area (Å²) in [5.74, 6) is -0.0722. The molecule has 1 aliphatic rings. The van der Waals surface area contributed by atoms with Crippen LogP contribution in [0.2, 0.25) is 0 Å². The largest absolute Gasteiger partial charge is 0.345 e. The van der Waals surface area contributed by atoms with E-state index in [1.165, 1.54) is 0 Å². The molecule has 24 heavy (non-hydrogen) atoms. The molecule has 1 aliphatic heterocycles. The van der Waals surface area contributed by atoms with Gasteiger partial charge in [-0.2, -0.15) is 0 Å². The molecule has 1 saturated heterocycles. The number of para-hydroxylation sites is 1. The first-order valence-electron chi connectivity index (χ1n) is 7.74. The molecule has 8 heteroatoms. The van der Waals surface area contributed by atoms with Crippen molar-refractivity contribution in [3.63, 3.8) is 0 Å². The molecule has 0 saturated carbocycles. The maximum Gasteiger partial charge on any atom is 0.319 e. The maximum atomic E-state index is 12.2. The molecule has 0 radical (unpaired) electrons. The first-order valence-corrected chi connectivity index (χ1v) is 8.62. The zero-order valence-electron chi connectivity index (χ0n) is 13.1. The molecule has 1 aromatic heterocycles. The number of amides is 3. The quantitative estimate of drug-likeness (QED) is 0.883. The summed E-state index contributed by atoms with van der Waals surface area (Å²) in [6, 6.07) is 8.75. The highest BCUT2D eigenvalue weighted by molar-refractivity contribution is 7.13. The van der Waals surface area contributed by atoms with Crippen LogP contribution in [0, 0.1) is 0 Å². The van der Waals surface area contributed by atoms with Crippen LogP contribution < -0.4 is 15.5 Å². The van der Waals surface area contributed by atoms with Crippen LogP contribution >= 0.6 is 11.3 Å². The van der Waals surface area contributed by atoms with Crippen molar-refractivity contribution in [3.8, 4) is 0 Å². The number of carbonyl (C=O) groups excluding carboxylic acids is 2. The maximum absolute atomic E-state index is 12.2. The Bertz CT molecular complexity index is 669. The number of carbonyl (C=O) groups is 2. The van der Waals surface area contributed by atoms with E-state index in [1.54, 1.807) is 34.6 Å². The van der Waals surface area contributed by atoms with Crippen molar-refractivity contribution in [1.82, 2.24) is 15.2 Å². The molecule has 1 aromatic carbocycles. The molecule has 0 spiro atoms. The topological polar surface area (TPSA) is 77.6 Å². The molecule has 3 amide bonds. The third-order valence-electron chi connectivity index (χ3n) is 3.75. The number of aromatic nitrogens is 1. The van der Waals surface area contributed by atoms with E-state index in [0.717, 1.165) is 18.2 Å². The summed E-state index contributed by atoms with van der Waals surface area (Å²) in [6.07, 6.45) is 1.78. The van der Waals surface area contributed by atoms with Gasteiger partial charge in [-0.25, -0.2) is 9.78 Å². The van der Waals surface area contributed by atoms with Crippen LogP contribution in [0.5, 0.6) is 0 Å². The van der Waals surface area contributed by atoms with Crippen molar-refractivity contribution in [3.05, 3.63) is 41.9 Å². The van der Waals surface area contributed by atoms with Gasteiger partial charge in [0.2, 0.25) is 5.91 Å². The van der Waals surface area contributed by atoms with Gasteiger partial charge in [0.25, 0.3) is 0 Å². The van der Waals surface area contributed by atoms with Gasteiger partial charge in [0.1, 0.15) is 0 Å². The molecule has 2 N–H and O–H groups in total. The minimum absolute atomic E-state index is 0.00405. The molecular formula is C16H19N5O2S.